The van der Waals surface area contributed by atoms with E-state index in [9.17, 15) is 4.79 Å². The number of anilines is 1. The van der Waals surface area contributed by atoms with Crippen LogP contribution in [0, 0.1) is 6.92 Å². The summed E-state index contributed by atoms with van der Waals surface area (Å²) in [6.07, 6.45) is 0.966. The highest BCUT2D eigenvalue weighted by molar-refractivity contribution is 6.30. The molecule has 0 aromatic heterocycles. The van der Waals surface area contributed by atoms with Gasteiger partial charge in [-0.15, -0.1) is 0 Å². The molecule has 1 heterocycles. The fourth-order valence-corrected chi connectivity index (χ4v) is 2.86. The number of aryl methyl sites for hydroxylation is 1. The number of hydrogen-bond donors (Lipinski definition) is 1. The van der Waals surface area contributed by atoms with Gasteiger partial charge in [-0.25, -0.2) is 0 Å². The van der Waals surface area contributed by atoms with Gasteiger partial charge in [0, 0.05) is 42.9 Å². The molecule has 1 aliphatic rings. The van der Waals surface area contributed by atoms with Gasteiger partial charge in [0.05, 0.1) is 6.54 Å². The lowest BCUT2D eigenvalue weighted by Gasteiger charge is -2.36. The zero-order valence-electron chi connectivity index (χ0n) is 13.7. The molecule has 122 valence electrons. The second-order valence-corrected chi connectivity index (χ2v) is 6.51. The molecule has 1 amide bonds. The molecule has 1 fully saturated rings. The van der Waals surface area contributed by atoms with E-state index in [-0.39, 0.29) is 11.9 Å². The van der Waals surface area contributed by atoms with E-state index in [4.69, 9.17) is 11.6 Å². The third kappa shape index (κ3) is 4.62. The Morgan fingerprint density at radius 3 is 2.64 bits per heavy atom. The topological polar surface area (TPSA) is 35.6 Å². The normalized spacial score (nSPS) is 17.4. The first-order valence-electron chi connectivity index (χ1n) is 8.02. The van der Waals surface area contributed by atoms with Crippen molar-refractivity contribution >= 4 is 23.2 Å². The van der Waals surface area contributed by atoms with Gasteiger partial charge in [-0.2, -0.15) is 0 Å². The van der Waals surface area contributed by atoms with Crippen LogP contribution in [0.1, 0.15) is 25.8 Å². The predicted molar refractivity (Wildman–Crippen MR) is 92.7 cm³/mol. The van der Waals surface area contributed by atoms with E-state index >= 15 is 0 Å². The third-order valence-corrected chi connectivity index (χ3v) is 4.51. The van der Waals surface area contributed by atoms with Crippen molar-refractivity contribution in [1.29, 1.82) is 0 Å². The maximum Gasteiger partial charge on any atom is 0.234 e. The standard InChI is InChI=1S/C17H26ClN3O/c1-4-14(3)19-17(22)12-20-7-9-21(10-8-20)16-11-15(18)6-5-13(16)2/h5-6,11,14H,4,7-10,12H2,1-3H3,(H,19,22)/t14-/m1/s1. The van der Waals surface area contributed by atoms with Gasteiger partial charge in [0.2, 0.25) is 5.91 Å². The van der Waals surface area contributed by atoms with E-state index in [0.717, 1.165) is 37.6 Å². The maximum absolute atomic E-state index is 11.9. The Morgan fingerprint density at radius 1 is 1.32 bits per heavy atom. The van der Waals surface area contributed by atoms with Gasteiger partial charge in [-0.1, -0.05) is 24.6 Å². The Labute approximate surface area is 138 Å². The first kappa shape index (κ1) is 17.1. The van der Waals surface area contributed by atoms with E-state index in [1.165, 1.54) is 11.3 Å². The quantitative estimate of drug-likeness (QED) is 0.905. The summed E-state index contributed by atoms with van der Waals surface area (Å²) in [5.74, 6) is 0.127. The van der Waals surface area contributed by atoms with Crippen LogP contribution < -0.4 is 10.2 Å². The van der Waals surface area contributed by atoms with Crippen molar-refractivity contribution < 1.29 is 4.79 Å². The second-order valence-electron chi connectivity index (χ2n) is 6.07. The summed E-state index contributed by atoms with van der Waals surface area (Å²) in [4.78, 5) is 16.5. The van der Waals surface area contributed by atoms with E-state index < -0.39 is 0 Å². The third-order valence-electron chi connectivity index (χ3n) is 4.27. The Balaban J connectivity index is 1.85. The molecule has 1 atom stereocenters. The van der Waals surface area contributed by atoms with Crippen LogP contribution in [0.15, 0.2) is 18.2 Å². The largest absolute Gasteiger partial charge is 0.369 e. The number of carbonyl (C=O) groups is 1. The van der Waals surface area contributed by atoms with Crippen LogP contribution >= 0.6 is 11.6 Å². The highest BCUT2D eigenvalue weighted by atomic mass is 35.5. The number of hydrogen-bond acceptors (Lipinski definition) is 3. The van der Waals surface area contributed by atoms with E-state index in [1.54, 1.807) is 0 Å². The fourth-order valence-electron chi connectivity index (χ4n) is 2.70. The van der Waals surface area contributed by atoms with Gasteiger partial charge in [0.25, 0.3) is 0 Å². The van der Waals surface area contributed by atoms with Crippen LogP contribution in [0.25, 0.3) is 0 Å². The molecule has 0 unspecified atom stereocenters. The van der Waals surface area contributed by atoms with Gasteiger partial charge in [-0.05, 0) is 38.0 Å². The number of rotatable bonds is 5. The van der Waals surface area contributed by atoms with Gasteiger partial charge < -0.3 is 10.2 Å². The summed E-state index contributed by atoms with van der Waals surface area (Å²) < 4.78 is 0. The molecule has 4 nitrogen and oxygen atoms in total. The lowest BCUT2D eigenvalue weighted by Crippen LogP contribution is -2.50. The van der Waals surface area contributed by atoms with Crippen molar-refractivity contribution in [2.75, 3.05) is 37.6 Å². The van der Waals surface area contributed by atoms with Crippen molar-refractivity contribution in [2.45, 2.75) is 33.2 Å². The number of amides is 1. The molecule has 0 spiro atoms. The van der Waals surface area contributed by atoms with Crippen LogP contribution in [0.4, 0.5) is 5.69 Å². The number of benzene rings is 1. The molecular weight excluding hydrogens is 298 g/mol. The minimum Gasteiger partial charge on any atom is -0.369 e. The predicted octanol–water partition coefficient (Wildman–Crippen LogP) is 2.69. The monoisotopic (exact) mass is 323 g/mol. The van der Waals surface area contributed by atoms with Crippen LogP contribution in [-0.4, -0.2) is 49.6 Å². The van der Waals surface area contributed by atoms with E-state index in [1.807, 2.05) is 19.1 Å². The van der Waals surface area contributed by atoms with Gasteiger partial charge >= 0.3 is 0 Å². The van der Waals surface area contributed by atoms with Gasteiger partial charge in [0.1, 0.15) is 0 Å². The number of piperazine rings is 1. The molecule has 1 N–H and O–H groups in total. The minimum absolute atomic E-state index is 0.127. The maximum atomic E-state index is 11.9. The molecule has 0 bridgehead atoms. The molecule has 22 heavy (non-hydrogen) atoms. The lowest BCUT2D eigenvalue weighted by atomic mass is 10.1. The summed E-state index contributed by atoms with van der Waals surface area (Å²) in [5, 5.41) is 3.80. The van der Waals surface area contributed by atoms with Crippen LogP contribution in [-0.2, 0) is 4.79 Å². The Kier molecular flexibility index (Phi) is 6.09. The average Bonchev–Trinajstić information content (AvgIpc) is 2.50. The first-order chi connectivity index (χ1) is 10.5. The molecule has 0 aliphatic carbocycles. The van der Waals surface area contributed by atoms with Crippen molar-refractivity contribution in [1.82, 2.24) is 10.2 Å². The molecule has 1 aromatic rings. The van der Waals surface area contributed by atoms with Crippen LogP contribution in [0.3, 0.4) is 0 Å². The molecule has 1 saturated heterocycles. The summed E-state index contributed by atoms with van der Waals surface area (Å²) in [7, 11) is 0. The lowest BCUT2D eigenvalue weighted by molar-refractivity contribution is -0.122. The van der Waals surface area contributed by atoms with E-state index in [2.05, 4.69) is 35.0 Å². The molecule has 0 radical (unpaired) electrons. The van der Waals surface area contributed by atoms with Crippen molar-refractivity contribution in [2.24, 2.45) is 0 Å². The average molecular weight is 324 g/mol. The molecule has 2 rings (SSSR count). The van der Waals surface area contributed by atoms with Gasteiger partial charge in [0.15, 0.2) is 0 Å². The first-order valence-corrected chi connectivity index (χ1v) is 8.40. The summed E-state index contributed by atoms with van der Waals surface area (Å²) in [6.45, 7) is 10.4. The Bertz CT molecular complexity index is 513. The number of halogens is 1. The summed E-state index contributed by atoms with van der Waals surface area (Å²) in [6, 6.07) is 6.27. The molecule has 5 heteroatoms. The SMILES string of the molecule is CC[C@@H](C)NC(=O)CN1CCN(c2cc(Cl)ccc2C)CC1. The second kappa shape index (κ2) is 7.84. The van der Waals surface area contributed by atoms with Crippen molar-refractivity contribution in [3.05, 3.63) is 28.8 Å². The fraction of sp³-hybridized carbons (Fsp3) is 0.588. The van der Waals surface area contributed by atoms with E-state index in [0.29, 0.717) is 6.54 Å². The van der Waals surface area contributed by atoms with Gasteiger partial charge in [-0.3, -0.25) is 9.69 Å². The summed E-state index contributed by atoms with van der Waals surface area (Å²) >= 11 is 6.11. The number of carbonyl (C=O) groups excluding carboxylic acids is 1. The Hall–Kier alpha value is -1.26. The highest BCUT2D eigenvalue weighted by Crippen LogP contribution is 2.25. The molecule has 1 aromatic carbocycles. The molecule has 1 aliphatic heterocycles. The zero-order chi connectivity index (χ0) is 16.1. The highest BCUT2D eigenvalue weighted by Gasteiger charge is 2.20. The smallest absolute Gasteiger partial charge is 0.234 e. The molecule has 0 saturated carbocycles. The van der Waals surface area contributed by atoms with Crippen LogP contribution in [0.2, 0.25) is 5.02 Å². The molecular formula is C17H26ClN3O. The summed E-state index contributed by atoms with van der Waals surface area (Å²) in [5.41, 5.74) is 2.45. The minimum atomic E-state index is 0.127. The Morgan fingerprint density at radius 2 is 2.00 bits per heavy atom. The van der Waals surface area contributed by atoms with Crippen molar-refractivity contribution in [3.63, 3.8) is 0 Å². The number of nitrogens with zero attached hydrogens (tertiary/aromatic N) is 2. The van der Waals surface area contributed by atoms with Crippen LogP contribution in [0.5, 0.6) is 0 Å². The zero-order valence-corrected chi connectivity index (χ0v) is 14.5. The van der Waals surface area contributed by atoms with Crippen molar-refractivity contribution in [3.8, 4) is 0 Å². The number of nitrogens with one attached hydrogen (secondary N) is 1.